The van der Waals surface area contributed by atoms with Gasteiger partial charge in [0, 0.05) is 35.1 Å². The molecule has 35 heavy (non-hydrogen) atoms. The Morgan fingerprint density at radius 3 is 2.46 bits per heavy atom. The van der Waals surface area contributed by atoms with Gasteiger partial charge in [0.05, 0.1) is 17.2 Å². The van der Waals surface area contributed by atoms with Crippen LogP contribution >= 0.6 is 11.6 Å². The van der Waals surface area contributed by atoms with Crippen LogP contribution in [0.4, 0.5) is 10.1 Å². The summed E-state index contributed by atoms with van der Waals surface area (Å²) in [5.74, 6) is -2.07. The van der Waals surface area contributed by atoms with E-state index in [0.29, 0.717) is 29.2 Å². The molecule has 4 rings (SSSR count). The number of carbonyl (C=O) groups excluding carboxylic acids is 2. The summed E-state index contributed by atoms with van der Waals surface area (Å²) in [5, 5.41) is 6.31. The van der Waals surface area contributed by atoms with Crippen molar-refractivity contribution in [1.82, 2.24) is 14.8 Å². The van der Waals surface area contributed by atoms with E-state index in [1.807, 2.05) is 19.0 Å². The van der Waals surface area contributed by atoms with E-state index in [9.17, 15) is 18.8 Å². The number of hydrogen-bond acceptors (Lipinski definition) is 4. The third-order valence-corrected chi connectivity index (χ3v) is 6.58. The van der Waals surface area contributed by atoms with Gasteiger partial charge in [0.2, 0.25) is 5.91 Å². The van der Waals surface area contributed by atoms with Gasteiger partial charge in [0.15, 0.2) is 0 Å². The zero-order chi connectivity index (χ0) is 25.1. The van der Waals surface area contributed by atoms with Crippen LogP contribution in [-0.2, 0) is 4.79 Å². The summed E-state index contributed by atoms with van der Waals surface area (Å²) in [6, 6.07) is 15.0. The molecule has 1 unspecified atom stereocenters. The fourth-order valence-electron chi connectivity index (χ4n) is 4.37. The first kappa shape index (κ1) is 24.6. The van der Waals surface area contributed by atoms with E-state index in [-0.39, 0.29) is 23.1 Å². The third kappa shape index (κ3) is 5.61. The summed E-state index contributed by atoms with van der Waals surface area (Å²) in [6.45, 7) is 0. The Bertz CT molecular complexity index is 1290. The van der Waals surface area contributed by atoms with E-state index in [1.54, 1.807) is 36.4 Å². The number of carbonyl (C=O) groups is 2. The molecule has 7 nitrogen and oxygen atoms in total. The van der Waals surface area contributed by atoms with E-state index < -0.39 is 23.7 Å². The van der Waals surface area contributed by atoms with Crippen LogP contribution in [-0.4, -0.2) is 47.5 Å². The van der Waals surface area contributed by atoms with Crippen LogP contribution < -0.4 is 16.2 Å². The molecule has 1 aliphatic carbocycles. The molecule has 0 saturated heterocycles. The summed E-state index contributed by atoms with van der Waals surface area (Å²) in [5.41, 5.74) is 0.469. The van der Waals surface area contributed by atoms with Crippen LogP contribution in [0.5, 0.6) is 0 Å². The van der Waals surface area contributed by atoms with Gasteiger partial charge in [-0.15, -0.1) is 0 Å². The van der Waals surface area contributed by atoms with Crippen LogP contribution in [0.2, 0.25) is 5.02 Å². The van der Waals surface area contributed by atoms with Crippen LogP contribution in [0.15, 0.2) is 71.7 Å². The van der Waals surface area contributed by atoms with E-state index in [0.717, 1.165) is 6.07 Å². The molecule has 3 atom stereocenters. The standard InChI is InChI=1S/C26H26ClFN4O3/c1-31(2)19-13-21(26(35)29-17-8-6-16(27)7-9-17)23(15-19)30-25(34)20-11-10-18(14-22(20)28)32-12-4-3-5-24(32)33/h3-12,14,19,21,23H,13,15H2,1-2H3,(H,29,35)(H,30,34)/t19?,21-,23+/m0/s1. The fraction of sp³-hybridized carbons (Fsp3) is 0.269. The largest absolute Gasteiger partial charge is 0.348 e. The molecule has 182 valence electrons. The topological polar surface area (TPSA) is 83.4 Å². The highest BCUT2D eigenvalue weighted by atomic mass is 35.5. The molecule has 0 spiro atoms. The average molecular weight is 497 g/mol. The van der Waals surface area contributed by atoms with Gasteiger partial charge < -0.3 is 15.5 Å². The van der Waals surface area contributed by atoms with Gasteiger partial charge in [-0.25, -0.2) is 4.39 Å². The molecule has 1 saturated carbocycles. The molecule has 0 bridgehead atoms. The molecular weight excluding hydrogens is 471 g/mol. The highest BCUT2D eigenvalue weighted by molar-refractivity contribution is 6.30. The molecular formula is C26H26ClFN4O3. The van der Waals surface area contributed by atoms with E-state index in [2.05, 4.69) is 10.6 Å². The highest BCUT2D eigenvalue weighted by Crippen LogP contribution is 2.31. The van der Waals surface area contributed by atoms with Crippen LogP contribution in [0.1, 0.15) is 23.2 Å². The Morgan fingerprint density at radius 1 is 1.06 bits per heavy atom. The molecule has 1 aromatic heterocycles. The predicted molar refractivity (Wildman–Crippen MR) is 134 cm³/mol. The smallest absolute Gasteiger partial charge is 0.255 e. The average Bonchev–Trinajstić information content (AvgIpc) is 3.25. The molecule has 3 aromatic rings. The second-order valence-corrected chi connectivity index (χ2v) is 9.28. The summed E-state index contributed by atoms with van der Waals surface area (Å²) < 4.78 is 16.2. The molecule has 2 amide bonds. The maximum atomic E-state index is 14.9. The van der Waals surface area contributed by atoms with E-state index in [4.69, 9.17) is 11.6 Å². The molecule has 9 heteroatoms. The van der Waals surface area contributed by atoms with Crippen molar-refractivity contribution < 1.29 is 14.0 Å². The number of benzene rings is 2. The quantitative estimate of drug-likeness (QED) is 0.545. The minimum Gasteiger partial charge on any atom is -0.348 e. The number of amides is 2. The molecule has 1 heterocycles. The van der Waals surface area contributed by atoms with Gasteiger partial charge in [0.25, 0.3) is 11.5 Å². The fourth-order valence-corrected chi connectivity index (χ4v) is 4.50. The minimum atomic E-state index is -0.750. The number of hydrogen-bond donors (Lipinski definition) is 2. The van der Waals surface area contributed by atoms with Crippen molar-refractivity contribution in [3.05, 3.63) is 93.6 Å². The van der Waals surface area contributed by atoms with Crippen molar-refractivity contribution in [2.45, 2.75) is 24.9 Å². The monoisotopic (exact) mass is 496 g/mol. The summed E-state index contributed by atoms with van der Waals surface area (Å²) in [6.07, 6.45) is 2.63. The van der Waals surface area contributed by atoms with E-state index in [1.165, 1.54) is 29.0 Å². The van der Waals surface area contributed by atoms with Crippen LogP contribution in [0.25, 0.3) is 5.69 Å². The number of rotatable bonds is 6. The third-order valence-electron chi connectivity index (χ3n) is 6.33. The first-order valence-electron chi connectivity index (χ1n) is 11.2. The lowest BCUT2D eigenvalue weighted by Crippen LogP contribution is -2.42. The van der Waals surface area contributed by atoms with Crippen LogP contribution in [0, 0.1) is 11.7 Å². The number of halogens is 2. The van der Waals surface area contributed by atoms with Crippen molar-refractivity contribution in [1.29, 1.82) is 0 Å². The SMILES string of the molecule is CN(C)C1C[C@H](C(=O)Nc2ccc(Cl)cc2)[C@H](NC(=O)c2ccc(-n3ccccc3=O)cc2F)C1. The van der Waals surface area contributed by atoms with Crippen molar-refractivity contribution >= 4 is 29.1 Å². The number of pyridine rings is 1. The molecule has 0 radical (unpaired) electrons. The van der Waals surface area contributed by atoms with Crippen molar-refractivity contribution in [3.63, 3.8) is 0 Å². The van der Waals surface area contributed by atoms with Gasteiger partial charge >= 0.3 is 0 Å². The lowest BCUT2D eigenvalue weighted by molar-refractivity contribution is -0.120. The highest BCUT2D eigenvalue weighted by Gasteiger charge is 2.40. The molecule has 2 N–H and O–H groups in total. The molecule has 0 aliphatic heterocycles. The first-order chi connectivity index (χ1) is 16.7. The number of aromatic nitrogens is 1. The second-order valence-electron chi connectivity index (χ2n) is 8.84. The Labute approximate surface area is 207 Å². The van der Waals surface area contributed by atoms with Gasteiger partial charge in [-0.1, -0.05) is 17.7 Å². The van der Waals surface area contributed by atoms with Gasteiger partial charge in [0.1, 0.15) is 5.82 Å². The Hall–Kier alpha value is -3.49. The Balaban J connectivity index is 1.51. The van der Waals surface area contributed by atoms with Crippen LogP contribution in [0.3, 0.4) is 0 Å². The lowest BCUT2D eigenvalue weighted by atomic mass is 10.0. The Morgan fingerprint density at radius 2 is 1.80 bits per heavy atom. The van der Waals surface area contributed by atoms with Crippen molar-refractivity contribution in [3.8, 4) is 5.69 Å². The number of nitrogens with zero attached hydrogens (tertiary/aromatic N) is 2. The van der Waals surface area contributed by atoms with Gasteiger partial charge in [-0.3, -0.25) is 19.0 Å². The zero-order valence-electron chi connectivity index (χ0n) is 19.4. The predicted octanol–water partition coefficient (Wildman–Crippen LogP) is 3.71. The zero-order valence-corrected chi connectivity index (χ0v) is 20.1. The second kappa shape index (κ2) is 10.4. The van der Waals surface area contributed by atoms with Crippen molar-refractivity contribution in [2.75, 3.05) is 19.4 Å². The summed E-state index contributed by atoms with van der Waals surface area (Å²) in [4.78, 5) is 40.1. The normalized spacial score (nSPS) is 19.5. The lowest BCUT2D eigenvalue weighted by Gasteiger charge is -2.21. The first-order valence-corrected chi connectivity index (χ1v) is 11.6. The molecule has 1 aliphatic rings. The maximum absolute atomic E-state index is 14.9. The number of anilines is 1. The van der Waals surface area contributed by atoms with Gasteiger partial charge in [-0.05, 0) is 75.5 Å². The minimum absolute atomic E-state index is 0.0819. The van der Waals surface area contributed by atoms with Gasteiger partial charge in [-0.2, -0.15) is 0 Å². The molecule has 1 fully saturated rings. The summed E-state index contributed by atoms with van der Waals surface area (Å²) in [7, 11) is 3.85. The van der Waals surface area contributed by atoms with Crippen molar-refractivity contribution in [2.24, 2.45) is 5.92 Å². The molecule has 2 aromatic carbocycles. The number of nitrogens with one attached hydrogen (secondary N) is 2. The Kier molecular flexibility index (Phi) is 7.33. The van der Waals surface area contributed by atoms with E-state index >= 15 is 0 Å². The maximum Gasteiger partial charge on any atom is 0.255 e. The summed E-state index contributed by atoms with van der Waals surface area (Å²) >= 11 is 5.92.